The van der Waals surface area contributed by atoms with Crippen LogP contribution in [0, 0.1) is 5.92 Å². The molecule has 124 valence electrons. The fourth-order valence-electron chi connectivity index (χ4n) is 2.76. The zero-order chi connectivity index (χ0) is 16.4. The van der Waals surface area contributed by atoms with Crippen molar-refractivity contribution in [3.05, 3.63) is 30.5 Å². The monoisotopic (exact) mass is 336 g/mol. The van der Waals surface area contributed by atoms with Crippen molar-refractivity contribution in [3.8, 4) is 17.1 Å². The van der Waals surface area contributed by atoms with Crippen molar-refractivity contribution in [3.63, 3.8) is 0 Å². The van der Waals surface area contributed by atoms with Gasteiger partial charge in [0.15, 0.2) is 5.76 Å². The van der Waals surface area contributed by atoms with Crippen molar-refractivity contribution in [2.45, 2.75) is 24.7 Å². The summed E-state index contributed by atoms with van der Waals surface area (Å²) in [7, 11) is -2.08. The Morgan fingerprint density at radius 3 is 2.61 bits per heavy atom. The van der Waals surface area contributed by atoms with Crippen molar-refractivity contribution in [2.24, 2.45) is 5.92 Å². The Hall–Kier alpha value is -1.86. The number of nitrogens with zero attached hydrogens (tertiary/aromatic N) is 2. The van der Waals surface area contributed by atoms with Gasteiger partial charge in [0.1, 0.15) is 10.6 Å². The Morgan fingerprint density at radius 1 is 1.26 bits per heavy atom. The van der Waals surface area contributed by atoms with E-state index in [0.29, 0.717) is 30.5 Å². The third-order valence-electron chi connectivity index (χ3n) is 4.25. The van der Waals surface area contributed by atoms with Crippen LogP contribution in [0.4, 0.5) is 0 Å². The molecule has 1 aromatic carbocycles. The normalized spacial score (nSPS) is 17.3. The molecule has 1 aliphatic heterocycles. The standard InChI is InChI=1S/C16H20N2O4S/c1-12-6-9-18(10-7-12)23(19,20)16-4-3-13(11-15(16)21-2)14-5-8-17-22-14/h3-5,8,11-12H,6-7,9-10H2,1-2H3. The predicted molar refractivity (Wildman–Crippen MR) is 85.6 cm³/mol. The lowest BCUT2D eigenvalue weighted by Gasteiger charge is -2.29. The Morgan fingerprint density at radius 2 is 2.00 bits per heavy atom. The van der Waals surface area contributed by atoms with E-state index in [9.17, 15) is 8.42 Å². The van der Waals surface area contributed by atoms with Crippen LogP contribution in [0.2, 0.25) is 0 Å². The molecule has 3 rings (SSSR count). The molecule has 2 aromatic rings. The molecule has 6 nitrogen and oxygen atoms in total. The first-order chi connectivity index (χ1) is 11.0. The fraction of sp³-hybridized carbons (Fsp3) is 0.438. The van der Waals surface area contributed by atoms with E-state index in [1.54, 1.807) is 34.8 Å². The van der Waals surface area contributed by atoms with E-state index >= 15 is 0 Å². The third kappa shape index (κ3) is 3.11. The highest BCUT2D eigenvalue weighted by molar-refractivity contribution is 7.89. The molecule has 0 bridgehead atoms. The summed E-state index contributed by atoms with van der Waals surface area (Å²) in [6, 6.07) is 6.67. The summed E-state index contributed by atoms with van der Waals surface area (Å²) >= 11 is 0. The third-order valence-corrected chi connectivity index (χ3v) is 6.18. The van der Waals surface area contributed by atoms with Gasteiger partial charge in [-0.25, -0.2) is 8.42 Å². The van der Waals surface area contributed by atoms with Crippen LogP contribution in [0.3, 0.4) is 0 Å². The van der Waals surface area contributed by atoms with E-state index in [2.05, 4.69) is 12.1 Å². The van der Waals surface area contributed by atoms with Crippen LogP contribution in [0.1, 0.15) is 19.8 Å². The van der Waals surface area contributed by atoms with Gasteiger partial charge in [0.2, 0.25) is 10.0 Å². The maximum atomic E-state index is 12.9. The van der Waals surface area contributed by atoms with Crippen LogP contribution < -0.4 is 4.74 Å². The van der Waals surface area contributed by atoms with Crippen molar-refractivity contribution >= 4 is 10.0 Å². The van der Waals surface area contributed by atoms with Crippen molar-refractivity contribution in [1.82, 2.24) is 9.46 Å². The first-order valence-electron chi connectivity index (χ1n) is 7.61. The minimum absolute atomic E-state index is 0.192. The van der Waals surface area contributed by atoms with Crippen LogP contribution in [-0.4, -0.2) is 38.1 Å². The highest BCUT2D eigenvalue weighted by Crippen LogP contribution is 2.33. The highest BCUT2D eigenvalue weighted by Gasteiger charge is 2.30. The maximum absolute atomic E-state index is 12.9. The summed E-state index contributed by atoms with van der Waals surface area (Å²) in [6.07, 6.45) is 3.32. The van der Waals surface area contributed by atoms with Gasteiger partial charge in [-0.2, -0.15) is 4.31 Å². The summed E-state index contributed by atoms with van der Waals surface area (Å²) in [5.74, 6) is 1.45. The van der Waals surface area contributed by atoms with E-state index in [4.69, 9.17) is 9.26 Å². The summed E-state index contributed by atoms with van der Waals surface area (Å²) in [5.41, 5.74) is 0.727. The maximum Gasteiger partial charge on any atom is 0.246 e. The van der Waals surface area contributed by atoms with E-state index < -0.39 is 10.0 Å². The largest absolute Gasteiger partial charge is 0.495 e. The molecule has 23 heavy (non-hydrogen) atoms. The molecule has 0 saturated carbocycles. The number of benzene rings is 1. The molecule has 0 N–H and O–H groups in total. The molecule has 0 radical (unpaired) electrons. The number of hydrogen-bond donors (Lipinski definition) is 0. The first-order valence-corrected chi connectivity index (χ1v) is 9.05. The molecule has 0 aliphatic carbocycles. The number of rotatable bonds is 4. The molecule has 0 atom stereocenters. The van der Waals surface area contributed by atoms with E-state index in [0.717, 1.165) is 18.4 Å². The van der Waals surface area contributed by atoms with Gasteiger partial charge < -0.3 is 9.26 Å². The minimum atomic E-state index is -3.55. The average molecular weight is 336 g/mol. The SMILES string of the molecule is COc1cc(-c2ccno2)ccc1S(=O)(=O)N1CCC(C)CC1. The second kappa shape index (κ2) is 6.33. The Balaban J connectivity index is 1.95. The molecule has 1 aliphatic rings. The molecule has 1 fully saturated rings. The van der Waals surface area contributed by atoms with Gasteiger partial charge in [-0.1, -0.05) is 12.1 Å². The van der Waals surface area contributed by atoms with Gasteiger partial charge in [-0.3, -0.25) is 0 Å². The molecule has 7 heteroatoms. The van der Waals surface area contributed by atoms with E-state index in [1.165, 1.54) is 7.11 Å². The Kier molecular flexibility index (Phi) is 4.41. The zero-order valence-electron chi connectivity index (χ0n) is 13.2. The van der Waals surface area contributed by atoms with Gasteiger partial charge in [-0.15, -0.1) is 0 Å². The van der Waals surface area contributed by atoms with Gasteiger partial charge >= 0.3 is 0 Å². The van der Waals surface area contributed by atoms with Gasteiger partial charge in [0.05, 0.1) is 13.3 Å². The zero-order valence-corrected chi connectivity index (χ0v) is 14.0. The second-order valence-electron chi connectivity index (χ2n) is 5.83. The highest BCUT2D eigenvalue weighted by atomic mass is 32.2. The molecule has 1 aromatic heterocycles. The number of aromatic nitrogens is 1. The summed E-state index contributed by atoms with van der Waals surface area (Å²) in [6.45, 7) is 3.25. The fourth-order valence-corrected chi connectivity index (χ4v) is 4.37. The van der Waals surface area contributed by atoms with E-state index in [-0.39, 0.29) is 4.90 Å². The van der Waals surface area contributed by atoms with Crippen LogP contribution in [0.5, 0.6) is 5.75 Å². The predicted octanol–water partition coefficient (Wildman–Crippen LogP) is 2.77. The summed E-state index contributed by atoms with van der Waals surface area (Å²) in [4.78, 5) is 0.192. The molecule has 2 heterocycles. The second-order valence-corrected chi connectivity index (χ2v) is 7.74. The molecular weight excluding hydrogens is 316 g/mol. The van der Waals surface area contributed by atoms with E-state index in [1.807, 2.05) is 0 Å². The Bertz CT molecular complexity index is 763. The molecule has 0 spiro atoms. The average Bonchev–Trinajstić information content (AvgIpc) is 3.09. The van der Waals surface area contributed by atoms with Crippen molar-refractivity contribution in [2.75, 3.05) is 20.2 Å². The van der Waals surface area contributed by atoms with Crippen molar-refractivity contribution < 1.29 is 17.7 Å². The lowest BCUT2D eigenvalue weighted by Crippen LogP contribution is -2.38. The van der Waals surface area contributed by atoms with Gasteiger partial charge in [-0.05, 0) is 37.0 Å². The number of methoxy groups -OCH3 is 1. The number of hydrogen-bond acceptors (Lipinski definition) is 5. The molecule has 0 unspecified atom stereocenters. The lowest BCUT2D eigenvalue weighted by atomic mass is 10.0. The molecule has 1 saturated heterocycles. The van der Waals surface area contributed by atoms with Crippen LogP contribution >= 0.6 is 0 Å². The lowest BCUT2D eigenvalue weighted by molar-refractivity contribution is 0.287. The van der Waals surface area contributed by atoms with Crippen LogP contribution in [0.25, 0.3) is 11.3 Å². The van der Waals surface area contributed by atoms with Gasteiger partial charge in [0.25, 0.3) is 0 Å². The first kappa shape index (κ1) is 16.0. The van der Waals surface area contributed by atoms with Crippen molar-refractivity contribution in [1.29, 1.82) is 0 Å². The topological polar surface area (TPSA) is 72.6 Å². The summed E-state index contributed by atoms with van der Waals surface area (Å²) in [5, 5.41) is 3.66. The molecule has 0 amide bonds. The van der Waals surface area contributed by atoms with Gasteiger partial charge in [0, 0.05) is 24.7 Å². The van der Waals surface area contributed by atoms with Crippen LogP contribution in [-0.2, 0) is 10.0 Å². The number of sulfonamides is 1. The number of piperidine rings is 1. The smallest absolute Gasteiger partial charge is 0.246 e. The minimum Gasteiger partial charge on any atom is -0.495 e. The molecular formula is C16H20N2O4S. The quantitative estimate of drug-likeness (QED) is 0.858. The number of ether oxygens (including phenoxy) is 1. The summed E-state index contributed by atoms with van der Waals surface area (Å²) < 4.78 is 37.7. The van der Waals surface area contributed by atoms with Crippen LogP contribution in [0.15, 0.2) is 39.9 Å². The Labute approximate surface area is 136 Å².